The highest BCUT2D eigenvalue weighted by Crippen LogP contribution is 2.42. The minimum absolute atomic E-state index is 0.172. The average Bonchev–Trinajstić information content (AvgIpc) is 2.67. The highest BCUT2D eigenvalue weighted by molar-refractivity contribution is 5.34. The van der Waals surface area contributed by atoms with Crippen molar-refractivity contribution in [2.45, 2.75) is 46.3 Å². The SMILES string of the molecule is Cc1cc2c(n1Cc1ccccc1)CC(C)(C)CC2O. The van der Waals surface area contributed by atoms with Crippen LogP contribution < -0.4 is 0 Å². The standard InChI is InChI=1S/C18H23NO/c1-13-9-15-16(10-18(2,3)11-17(15)20)19(13)12-14-7-5-4-6-8-14/h4-9,17,20H,10-12H2,1-3H3. The van der Waals surface area contributed by atoms with E-state index < -0.39 is 0 Å². The Hall–Kier alpha value is -1.54. The van der Waals surface area contributed by atoms with E-state index in [1.54, 1.807) is 0 Å². The second-order valence-corrected chi connectivity index (χ2v) is 6.82. The first-order valence-electron chi connectivity index (χ1n) is 7.37. The second kappa shape index (κ2) is 4.78. The molecule has 0 aliphatic heterocycles. The Kier molecular flexibility index (Phi) is 3.21. The van der Waals surface area contributed by atoms with Gasteiger partial charge in [-0.3, -0.25) is 0 Å². The van der Waals surface area contributed by atoms with Crippen LogP contribution in [-0.2, 0) is 13.0 Å². The zero-order valence-electron chi connectivity index (χ0n) is 12.6. The molecule has 0 saturated heterocycles. The van der Waals surface area contributed by atoms with E-state index in [-0.39, 0.29) is 11.5 Å². The molecule has 2 aromatic rings. The molecule has 0 fully saturated rings. The fraction of sp³-hybridized carbons (Fsp3) is 0.444. The number of nitrogens with zero attached hydrogens (tertiary/aromatic N) is 1. The molecule has 0 amide bonds. The van der Waals surface area contributed by atoms with Gasteiger partial charge in [0.2, 0.25) is 0 Å². The van der Waals surface area contributed by atoms with Crippen LogP contribution in [0.3, 0.4) is 0 Å². The molecule has 3 rings (SSSR count). The van der Waals surface area contributed by atoms with Gasteiger partial charge in [0.05, 0.1) is 6.10 Å². The third kappa shape index (κ3) is 2.40. The predicted molar refractivity (Wildman–Crippen MR) is 81.8 cm³/mol. The Morgan fingerprint density at radius 2 is 1.95 bits per heavy atom. The molecule has 0 bridgehead atoms. The molecule has 1 heterocycles. The molecular weight excluding hydrogens is 246 g/mol. The van der Waals surface area contributed by atoms with Gasteiger partial charge in [0, 0.05) is 23.5 Å². The van der Waals surface area contributed by atoms with Gasteiger partial charge in [-0.25, -0.2) is 0 Å². The van der Waals surface area contributed by atoms with Crippen molar-refractivity contribution in [1.82, 2.24) is 4.57 Å². The van der Waals surface area contributed by atoms with Crippen molar-refractivity contribution < 1.29 is 5.11 Å². The molecule has 1 aliphatic rings. The van der Waals surface area contributed by atoms with Crippen LogP contribution in [0, 0.1) is 12.3 Å². The van der Waals surface area contributed by atoms with Crippen LogP contribution in [0.25, 0.3) is 0 Å². The maximum atomic E-state index is 10.4. The first kappa shape index (κ1) is 13.4. The maximum absolute atomic E-state index is 10.4. The summed E-state index contributed by atoms with van der Waals surface area (Å²) in [5, 5.41) is 10.4. The number of hydrogen-bond acceptors (Lipinski definition) is 1. The molecule has 1 aromatic heterocycles. The smallest absolute Gasteiger partial charge is 0.0812 e. The fourth-order valence-corrected chi connectivity index (χ4v) is 3.39. The summed E-state index contributed by atoms with van der Waals surface area (Å²) in [5.74, 6) is 0. The van der Waals surface area contributed by atoms with E-state index in [0.29, 0.717) is 0 Å². The van der Waals surface area contributed by atoms with Crippen molar-refractivity contribution in [3.05, 3.63) is 58.9 Å². The van der Waals surface area contributed by atoms with Crippen LogP contribution in [-0.4, -0.2) is 9.67 Å². The molecule has 1 atom stereocenters. The van der Waals surface area contributed by atoms with Crippen LogP contribution in [0.4, 0.5) is 0 Å². The highest BCUT2D eigenvalue weighted by atomic mass is 16.3. The molecule has 20 heavy (non-hydrogen) atoms. The van der Waals surface area contributed by atoms with Gasteiger partial charge in [-0.2, -0.15) is 0 Å². The van der Waals surface area contributed by atoms with Crippen LogP contribution >= 0.6 is 0 Å². The van der Waals surface area contributed by atoms with Crippen molar-refractivity contribution in [2.75, 3.05) is 0 Å². The van der Waals surface area contributed by atoms with Gasteiger partial charge in [0.25, 0.3) is 0 Å². The van der Waals surface area contributed by atoms with Crippen molar-refractivity contribution in [3.8, 4) is 0 Å². The Balaban J connectivity index is 2.01. The van der Waals surface area contributed by atoms with E-state index in [2.05, 4.69) is 55.7 Å². The minimum atomic E-state index is -0.315. The number of hydrogen-bond donors (Lipinski definition) is 1. The van der Waals surface area contributed by atoms with E-state index >= 15 is 0 Å². The summed E-state index contributed by atoms with van der Waals surface area (Å²) in [4.78, 5) is 0. The quantitative estimate of drug-likeness (QED) is 0.880. The molecule has 0 saturated carbocycles. The topological polar surface area (TPSA) is 25.2 Å². The van der Waals surface area contributed by atoms with E-state index in [9.17, 15) is 5.11 Å². The van der Waals surface area contributed by atoms with Crippen LogP contribution in [0.5, 0.6) is 0 Å². The van der Waals surface area contributed by atoms with Gasteiger partial charge < -0.3 is 9.67 Å². The number of aliphatic hydroxyl groups is 1. The monoisotopic (exact) mass is 269 g/mol. The summed E-state index contributed by atoms with van der Waals surface area (Å²) in [5.41, 5.74) is 5.18. The molecule has 1 N–H and O–H groups in total. The summed E-state index contributed by atoms with van der Waals surface area (Å²) in [6.07, 6.45) is 1.58. The normalized spacial score (nSPS) is 20.7. The molecule has 2 nitrogen and oxygen atoms in total. The zero-order valence-corrected chi connectivity index (χ0v) is 12.6. The molecule has 2 heteroatoms. The lowest BCUT2D eigenvalue weighted by atomic mass is 9.75. The maximum Gasteiger partial charge on any atom is 0.0812 e. The summed E-state index contributed by atoms with van der Waals surface area (Å²) in [6, 6.07) is 12.7. The van der Waals surface area contributed by atoms with Crippen molar-refractivity contribution in [1.29, 1.82) is 0 Å². The van der Waals surface area contributed by atoms with E-state index in [4.69, 9.17) is 0 Å². The summed E-state index contributed by atoms with van der Waals surface area (Å²) in [6.45, 7) is 7.52. The lowest BCUT2D eigenvalue weighted by Gasteiger charge is -2.34. The lowest BCUT2D eigenvalue weighted by molar-refractivity contribution is 0.0981. The van der Waals surface area contributed by atoms with Gasteiger partial charge >= 0.3 is 0 Å². The summed E-state index contributed by atoms with van der Waals surface area (Å²) in [7, 11) is 0. The van der Waals surface area contributed by atoms with E-state index in [0.717, 1.165) is 24.9 Å². The van der Waals surface area contributed by atoms with Crippen molar-refractivity contribution in [2.24, 2.45) is 5.41 Å². The zero-order chi connectivity index (χ0) is 14.3. The largest absolute Gasteiger partial charge is 0.388 e. The van der Waals surface area contributed by atoms with Gasteiger partial charge in [-0.05, 0) is 36.8 Å². The molecule has 106 valence electrons. The molecule has 1 aliphatic carbocycles. The molecule has 0 radical (unpaired) electrons. The lowest BCUT2D eigenvalue weighted by Crippen LogP contribution is -2.27. The van der Waals surface area contributed by atoms with Crippen LogP contribution in [0.1, 0.15) is 48.9 Å². The van der Waals surface area contributed by atoms with Gasteiger partial charge in [0.1, 0.15) is 0 Å². The molecular formula is C18H23NO. The Morgan fingerprint density at radius 3 is 2.65 bits per heavy atom. The first-order chi connectivity index (χ1) is 9.46. The third-order valence-corrected chi connectivity index (χ3v) is 4.38. The van der Waals surface area contributed by atoms with Gasteiger partial charge in [-0.15, -0.1) is 0 Å². The number of aliphatic hydroxyl groups excluding tert-OH is 1. The molecule has 1 aromatic carbocycles. The Labute approximate surface area is 121 Å². The summed E-state index contributed by atoms with van der Waals surface area (Å²) < 4.78 is 2.37. The van der Waals surface area contributed by atoms with Crippen LogP contribution in [0.15, 0.2) is 36.4 Å². The Bertz CT molecular complexity index is 610. The molecule has 0 spiro atoms. The number of aryl methyl sites for hydroxylation is 1. The average molecular weight is 269 g/mol. The number of benzene rings is 1. The van der Waals surface area contributed by atoms with Crippen molar-refractivity contribution in [3.63, 3.8) is 0 Å². The van der Waals surface area contributed by atoms with Crippen molar-refractivity contribution >= 4 is 0 Å². The minimum Gasteiger partial charge on any atom is -0.388 e. The van der Waals surface area contributed by atoms with E-state index in [1.807, 2.05) is 6.07 Å². The molecule has 1 unspecified atom stereocenters. The third-order valence-electron chi connectivity index (χ3n) is 4.38. The highest BCUT2D eigenvalue weighted by Gasteiger charge is 2.33. The summed E-state index contributed by atoms with van der Waals surface area (Å²) >= 11 is 0. The van der Waals surface area contributed by atoms with Gasteiger partial charge in [-0.1, -0.05) is 44.2 Å². The first-order valence-corrected chi connectivity index (χ1v) is 7.37. The predicted octanol–water partition coefficient (Wildman–Crippen LogP) is 3.85. The number of aromatic nitrogens is 1. The fourth-order valence-electron chi connectivity index (χ4n) is 3.39. The van der Waals surface area contributed by atoms with Crippen LogP contribution in [0.2, 0.25) is 0 Å². The number of rotatable bonds is 2. The van der Waals surface area contributed by atoms with Gasteiger partial charge in [0.15, 0.2) is 0 Å². The second-order valence-electron chi connectivity index (χ2n) is 6.82. The van der Waals surface area contributed by atoms with E-state index in [1.165, 1.54) is 17.0 Å². The Morgan fingerprint density at radius 1 is 1.25 bits per heavy atom. The number of fused-ring (bicyclic) bond motifs is 1.